The van der Waals surface area contributed by atoms with Crippen LogP contribution in [-0.2, 0) is 11.2 Å². The van der Waals surface area contributed by atoms with E-state index in [0.29, 0.717) is 36.9 Å². The molecule has 0 N–H and O–H groups in total. The first kappa shape index (κ1) is 16.5. The number of nitrogens with zero attached hydrogens (tertiary/aromatic N) is 4. The summed E-state index contributed by atoms with van der Waals surface area (Å²) < 4.78 is 18.8. The largest absolute Gasteiger partial charge is 0.422 e. The van der Waals surface area contributed by atoms with Gasteiger partial charge in [0.2, 0.25) is 11.6 Å². The van der Waals surface area contributed by atoms with Crippen molar-refractivity contribution in [3.05, 3.63) is 54.0 Å². The lowest BCUT2D eigenvalue weighted by Gasteiger charge is -2.21. The molecule has 0 spiro atoms. The van der Waals surface area contributed by atoms with Gasteiger partial charge in [-0.05, 0) is 36.2 Å². The number of fused-ring (bicyclic) bond motifs is 1. The molecule has 1 aliphatic rings. The Labute approximate surface area is 150 Å². The molecule has 1 aromatic carbocycles. The molecule has 134 valence electrons. The van der Waals surface area contributed by atoms with Crippen molar-refractivity contribution < 1.29 is 13.6 Å². The summed E-state index contributed by atoms with van der Waals surface area (Å²) in [5, 5.41) is 0. The number of rotatable bonds is 3. The van der Waals surface area contributed by atoms with Crippen LogP contribution in [0.3, 0.4) is 0 Å². The monoisotopic (exact) mass is 354 g/mol. The molecule has 3 aromatic rings. The van der Waals surface area contributed by atoms with Crippen LogP contribution in [0.2, 0.25) is 0 Å². The fraction of sp³-hybridized carbons (Fsp3) is 0.316. The predicted molar refractivity (Wildman–Crippen MR) is 95.3 cm³/mol. The van der Waals surface area contributed by atoms with Crippen LogP contribution in [-0.4, -0.2) is 47.0 Å². The van der Waals surface area contributed by atoms with E-state index in [2.05, 4.69) is 9.97 Å². The maximum absolute atomic E-state index is 13.0. The van der Waals surface area contributed by atoms with E-state index in [1.165, 1.54) is 12.1 Å². The molecule has 1 amide bonds. The van der Waals surface area contributed by atoms with Gasteiger partial charge in [0, 0.05) is 32.4 Å². The van der Waals surface area contributed by atoms with Crippen LogP contribution in [0.15, 0.2) is 47.0 Å². The Morgan fingerprint density at radius 2 is 1.96 bits per heavy atom. The zero-order chi connectivity index (χ0) is 17.9. The number of carbonyl (C=O) groups excluding carboxylic acids is 1. The molecule has 2 aromatic heterocycles. The SMILES string of the molecule is O=C(Cc1ccc(F)cc1)N1CCCN(c2nc3ncccc3o2)CC1. The highest BCUT2D eigenvalue weighted by molar-refractivity contribution is 5.79. The van der Waals surface area contributed by atoms with E-state index < -0.39 is 0 Å². The number of aromatic nitrogens is 2. The Kier molecular flexibility index (Phi) is 4.51. The van der Waals surface area contributed by atoms with Crippen LogP contribution < -0.4 is 4.90 Å². The number of halogens is 1. The molecule has 0 radical (unpaired) electrons. The molecule has 0 aliphatic carbocycles. The smallest absolute Gasteiger partial charge is 0.300 e. The van der Waals surface area contributed by atoms with Gasteiger partial charge in [0.1, 0.15) is 5.82 Å². The number of amides is 1. The fourth-order valence-corrected chi connectivity index (χ4v) is 3.14. The van der Waals surface area contributed by atoms with Gasteiger partial charge in [-0.3, -0.25) is 4.79 Å². The van der Waals surface area contributed by atoms with E-state index >= 15 is 0 Å². The maximum Gasteiger partial charge on any atom is 0.300 e. The number of oxazole rings is 1. The van der Waals surface area contributed by atoms with Gasteiger partial charge in [0.25, 0.3) is 6.01 Å². The van der Waals surface area contributed by atoms with E-state index in [1.54, 1.807) is 18.3 Å². The van der Waals surface area contributed by atoms with Crippen molar-refractivity contribution in [1.82, 2.24) is 14.9 Å². The van der Waals surface area contributed by atoms with Crippen LogP contribution in [0.1, 0.15) is 12.0 Å². The minimum absolute atomic E-state index is 0.0534. The Hall–Kier alpha value is -2.96. The summed E-state index contributed by atoms with van der Waals surface area (Å²) in [6.07, 6.45) is 2.81. The van der Waals surface area contributed by atoms with Crippen molar-refractivity contribution in [3.63, 3.8) is 0 Å². The Balaban J connectivity index is 1.41. The molecule has 4 rings (SSSR count). The van der Waals surface area contributed by atoms with Crippen LogP contribution in [0, 0.1) is 5.82 Å². The zero-order valence-corrected chi connectivity index (χ0v) is 14.3. The molecular formula is C19H19FN4O2. The Morgan fingerprint density at radius 1 is 1.12 bits per heavy atom. The van der Waals surface area contributed by atoms with Crippen molar-refractivity contribution in [2.24, 2.45) is 0 Å². The summed E-state index contributed by atoms with van der Waals surface area (Å²) in [5.74, 6) is -0.239. The van der Waals surface area contributed by atoms with Gasteiger partial charge >= 0.3 is 0 Å². The first-order valence-electron chi connectivity index (χ1n) is 8.68. The number of benzene rings is 1. The van der Waals surface area contributed by atoms with Gasteiger partial charge in [0.15, 0.2) is 5.58 Å². The van der Waals surface area contributed by atoms with Gasteiger partial charge in [-0.1, -0.05) is 12.1 Å². The number of hydrogen-bond acceptors (Lipinski definition) is 5. The summed E-state index contributed by atoms with van der Waals surface area (Å²) in [7, 11) is 0. The van der Waals surface area contributed by atoms with Gasteiger partial charge in [-0.25, -0.2) is 9.37 Å². The van der Waals surface area contributed by atoms with Crippen molar-refractivity contribution in [2.45, 2.75) is 12.8 Å². The van der Waals surface area contributed by atoms with Gasteiger partial charge in [0.05, 0.1) is 6.42 Å². The van der Waals surface area contributed by atoms with Gasteiger partial charge in [-0.2, -0.15) is 4.98 Å². The van der Waals surface area contributed by atoms with Crippen molar-refractivity contribution in [3.8, 4) is 0 Å². The number of anilines is 1. The van der Waals surface area contributed by atoms with Crippen LogP contribution in [0.5, 0.6) is 0 Å². The third-order valence-electron chi connectivity index (χ3n) is 4.54. The quantitative estimate of drug-likeness (QED) is 0.724. The van der Waals surface area contributed by atoms with Crippen molar-refractivity contribution >= 4 is 23.2 Å². The van der Waals surface area contributed by atoms with E-state index in [-0.39, 0.29) is 18.1 Å². The predicted octanol–water partition coefficient (Wildman–Crippen LogP) is 2.64. The highest BCUT2D eigenvalue weighted by atomic mass is 19.1. The number of pyridine rings is 1. The van der Waals surface area contributed by atoms with E-state index in [4.69, 9.17) is 4.42 Å². The topological polar surface area (TPSA) is 62.5 Å². The second-order valence-electron chi connectivity index (χ2n) is 6.35. The second-order valence-corrected chi connectivity index (χ2v) is 6.35. The first-order valence-corrected chi connectivity index (χ1v) is 8.68. The molecule has 7 heteroatoms. The van der Waals surface area contributed by atoms with Crippen LogP contribution in [0.25, 0.3) is 11.2 Å². The average molecular weight is 354 g/mol. The lowest BCUT2D eigenvalue weighted by Crippen LogP contribution is -2.36. The highest BCUT2D eigenvalue weighted by Crippen LogP contribution is 2.21. The molecule has 1 saturated heterocycles. The normalized spacial score (nSPS) is 15.3. The Morgan fingerprint density at radius 3 is 2.77 bits per heavy atom. The van der Waals surface area contributed by atoms with E-state index in [0.717, 1.165) is 18.5 Å². The van der Waals surface area contributed by atoms with E-state index in [1.807, 2.05) is 21.9 Å². The fourth-order valence-electron chi connectivity index (χ4n) is 3.14. The summed E-state index contributed by atoms with van der Waals surface area (Å²) in [6.45, 7) is 2.72. The van der Waals surface area contributed by atoms with Crippen molar-refractivity contribution in [1.29, 1.82) is 0 Å². The molecule has 0 bridgehead atoms. The highest BCUT2D eigenvalue weighted by Gasteiger charge is 2.22. The third kappa shape index (κ3) is 3.51. The number of carbonyl (C=O) groups is 1. The number of hydrogen-bond donors (Lipinski definition) is 0. The molecule has 26 heavy (non-hydrogen) atoms. The molecule has 1 aliphatic heterocycles. The first-order chi connectivity index (χ1) is 12.7. The molecular weight excluding hydrogens is 335 g/mol. The summed E-state index contributed by atoms with van der Waals surface area (Å²) in [5.41, 5.74) is 2.08. The zero-order valence-electron chi connectivity index (χ0n) is 14.3. The van der Waals surface area contributed by atoms with Crippen molar-refractivity contribution in [2.75, 3.05) is 31.1 Å². The molecule has 6 nitrogen and oxygen atoms in total. The molecule has 0 unspecified atom stereocenters. The van der Waals surface area contributed by atoms with Gasteiger partial charge in [-0.15, -0.1) is 0 Å². The standard InChI is InChI=1S/C19H19FN4O2/c20-15-6-4-14(5-7-15)13-17(25)23-9-2-10-24(12-11-23)19-22-18-16(26-19)3-1-8-21-18/h1,3-8H,2,9-13H2. The minimum atomic E-state index is -0.292. The summed E-state index contributed by atoms with van der Waals surface area (Å²) >= 11 is 0. The molecule has 1 fully saturated rings. The Bertz CT molecular complexity index is 876. The van der Waals surface area contributed by atoms with Crippen LogP contribution in [0.4, 0.5) is 10.4 Å². The minimum Gasteiger partial charge on any atom is -0.422 e. The lowest BCUT2D eigenvalue weighted by molar-refractivity contribution is -0.130. The van der Waals surface area contributed by atoms with E-state index in [9.17, 15) is 9.18 Å². The summed E-state index contributed by atoms with van der Waals surface area (Å²) in [4.78, 5) is 25.1. The second kappa shape index (κ2) is 7.11. The lowest BCUT2D eigenvalue weighted by atomic mass is 10.1. The average Bonchev–Trinajstić information content (AvgIpc) is 2.92. The molecule has 0 atom stereocenters. The van der Waals surface area contributed by atoms with Crippen LogP contribution >= 0.6 is 0 Å². The summed E-state index contributed by atoms with van der Waals surface area (Å²) in [6, 6.07) is 10.3. The third-order valence-corrected chi connectivity index (χ3v) is 4.54. The molecule has 0 saturated carbocycles. The van der Waals surface area contributed by atoms with Gasteiger partial charge < -0.3 is 14.2 Å². The maximum atomic E-state index is 13.0. The molecule has 3 heterocycles.